The van der Waals surface area contributed by atoms with Gasteiger partial charge in [0.25, 0.3) is 0 Å². The molecule has 2 rings (SSSR count). The van der Waals surface area contributed by atoms with Crippen LogP contribution in [0.4, 0.5) is 9.59 Å². The van der Waals surface area contributed by atoms with E-state index in [1.807, 2.05) is 44.2 Å². The Morgan fingerprint density at radius 3 is 2.59 bits per heavy atom. The molecule has 1 aliphatic rings. The molecule has 0 aromatic heterocycles. The van der Waals surface area contributed by atoms with Crippen molar-refractivity contribution in [2.75, 3.05) is 26.4 Å². The van der Waals surface area contributed by atoms with E-state index in [2.05, 4.69) is 57.0 Å². The molecule has 1 aromatic rings. The molecule has 1 heterocycles. The van der Waals surface area contributed by atoms with E-state index >= 15 is 0 Å². The third-order valence-electron chi connectivity index (χ3n) is 7.75. The number of nitrogens with zero attached hydrogens (tertiary/aromatic N) is 1. The van der Waals surface area contributed by atoms with Crippen LogP contribution in [-0.4, -0.2) is 67.8 Å². The number of hydrogen-bond acceptors (Lipinski definition) is 7. The van der Waals surface area contributed by atoms with Crippen LogP contribution in [0.3, 0.4) is 0 Å². The predicted molar refractivity (Wildman–Crippen MR) is 181 cm³/mol. The minimum Gasteiger partial charge on any atom is -0.447 e. The number of allylic oxidation sites excluding steroid dienone is 5. The van der Waals surface area contributed by atoms with Crippen LogP contribution in [0.15, 0.2) is 78.4 Å². The Bertz CT molecular complexity index is 1190. The number of amides is 3. The first-order valence-corrected chi connectivity index (χ1v) is 16.4. The van der Waals surface area contributed by atoms with Crippen LogP contribution >= 0.6 is 0 Å². The summed E-state index contributed by atoms with van der Waals surface area (Å²) in [7, 11) is 0. The fraction of sp³-hybridized carbons (Fsp3) is 0.541. The molecule has 0 spiro atoms. The van der Waals surface area contributed by atoms with Gasteiger partial charge in [-0.3, -0.25) is 4.79 Å². The fourth-order valence-corrected chi connectivity index (χ4v) is 5.19. The Labute approximate surface area is 275 Å². The van der Waals surface area contributed by atoms with Crippen molar-refractivity contribution in [2.24, 2.45) is 11.8 Å². The molecule has 5 atom stereocenters. The number of imide groups is 1. The van der Waals surface area contributed by atoms with Gasteiger partial charge in [0.15, 0.2) is 6.29 Å². The predicted octanol–water partition coefficient (Wildman–Crippen LogP) is 7.54. The highest BCUT2D eigenvalue weighted by molar-refractivity contribution is 5.95. The van der Waals surface area contributed by atoms with Crippen LogP contribution in [0, 0.1) is 11.8 Å². The van der Waals surface area contributed by atoms with E-state index in [0.29, 0.717) is 31.9 Å². The maximum atomic E-state index is 13.7. The minimum absolute atomic E-state index is 0.176. The summed E-state index contributed by atoms with van der Waals surface area (Å²) in [6.07, 6.45) is 11.6. The smallest absolute Gasteiger partial charge is 0.416 e. The Morgan fingerprint density at radius 1 is 1.15 bits per heavy atom. The molecule has 254 valence electrons. The molecule has 9 heteroatoms. The van der Waals surface area contributed by atoms with Crippen LogP contribution in [0.25, 0.3) is 0 Å². The minimum atomic E-state index is -0.606. The van der Waals surface area contributed by atoms with Gasteiger partial charge in [0.2, 0.25) is 5.91 Å². The number of rotatable bonds is 20. The van der Waals surface area contributed by atoms with Crippen molar-refractivity contribution in [3.05, 3.63) is 84.0 Å². The van der Waals surface area contributed by atoms with E-state index < -0.39 is 30.5 Å². The number of carbonyl (C=O) groups is 3. The van der Waals surface area contributed by atoms with Gasteiger partial charge in [0.05, 0.1) is 18.1 Å². The molecule has 46 heavy (non-hydrogen) atoms. The largest absolute Gasteiger partial charge is 0.447 e. The molecule has 1 fully saturated rings. The van der Waals surface area contributed by atoms with Gasteiger partial charge in [-0.1, -0.05) is 92.3 Å². The average Bonchev–Trinajstić information content (AvgIpc) is 3.39. The molecular formula is C37H54N2O7. The van der Waals surface area contributed by atoms with Crippen molar-refractivity contribution in [3.8, 4) is 0 Å². The molecule has 1 aromatic carbocycles. The Morgan fingerprint density at radius 2 is 1.89 bits per heavy atom. The monoisotopic (exact) mass is 638 g/mol. The number of carbonyl (C=O) groups excluding carboxylic acids is 3. The molecule has 1 unspecified atom stereocenters. The van der Waals surface area contributed by atoms with Gasteiger partial charge in [0, 0.05) is 13.2 Å². The van der Waals surface area contributed by atoms with Crippen molar-refractivity contribution in [3.63, 3.8) is 0 Å². The van der Waals surface area contributed by atoms with E-state index in [4.69, 9.17) is 18.9 Å². The van der Waals surface area contributed by atoms with Gasteiger partial charge in [-0.15, -0.1) is 0 Å². The van der Waals surface area contributed by atoms with E-state index in [1.54, 1.807) is 6.92 Å². The molecular weight excluding hydrogens is 584 g/mol. The Hall–Kier alpha value is -3.69. The summed E-state index contributed by atoms with van der Waals surface area (Å²) in [6, 6.07) is 9.43. The van der Waals surface area contributed by atoms with Gasteiger partial charge >= 0.3 is 12.2 Å². The van der Waals surface area contributed by atoms with E-state index in [1.165, 1.54) is 16.5 Å². The lowest BCUT2D eigenvalue weighted by Gasteiger charge is -2.29. The summed E-state index contributed by atoms with van der Waals surface area (Å²) in [5, 5.41) is 2.77. The van der Waals surface area contributed by atoms with Gasteiger partial charge in [-0.05, 0) is 71.3 Å². The van der Waals surface area contributed by atoms with Crippen molar-refractivity contribution in [1.29, 1.82) is 0 Å². The first-order valence-electron chi connectivity index (χ1n) is 16.4. The second-order valence-electron chi connectivity index (χ2n) is 12.0. The van der Waals surface area contributed by atoms with Crippen LogP contribution in [0.5, 0.6) is 0 Å². The number of benzene rings is 1. The van der Waals surface area contributed by atoms with E-state index in [-0.39, 0.29) is 25.2 Å². The maximum absolute atomic E-state index is 13.7. The molecule has 0 aliphatic carbocycles. The Kier molecular flexibility index (Phi) is 17.7. The summed E-state index contributed by atoms with van der Waals surface area (Å²) in [5.74, 6) is -0.565. The van der Waals surface area contributed by atoms with Gasteiger partial charge in [0.1, 0.15) is 13.2 Å². The summed E-state index contributed by atoms with van der Waals surface area (Å²) >= 11 is 0. The summed E-state index contributed by atoms with van der Waals surface area (Å²) in [6.45, 7) is 16.7. The zero-order valence-electron chi connectivity index (χ0n) is 28.5. The number of alkyl carbamates (subject to hydrolysis) is 1. The molecule has 0 saturated carbocycles. The lowest BCUT2D eigenvalue weighted by atomic mass is 9.96. The molecule has 3 amide bonds. The van der Waals surface area contributed by atoms with E-state index in [0.717, 1.165) is 30.4 Å². The lowest BCUT2D eigenvalue weighted by molar-refractivity contribution is -0.174. The third kappa shape index (κ3) is 14.2. The van der Waals surface area contributed by atoms with Crippen LogP contribution in [-0.2, 0) is 30.2 Å². The molecule has 9 nitrogen and oxygen atoms in total. The summed E-state index contributed by atoms with van der Waals surface area (Å²) < 4.78 is 22.1. The van der Waals surface area contributed by atoms with Gasteiger partial charge in [-0.2, -0.15) is 0 Å². The number of cyclic esters (lactones) is 1. The molecule has 1 aliphatic heterocycles. The zero-order chi connectivity index (χ0) is 33.9. The zero-order valence-corrected chi connectivity index (χ0v) is 28.5. The van der Waals surface area contributed by atoms with E-state index in [9.17, 15) is 14.4 Å². The lowest BCUT2D eigenvalue weighted by Crippen LogP contribution is -2.46. The maximum Gasteiger partial charge on any atom is 0.416 e. The van der Waals surface area contributed by atoms with Crippen LogP contribution in [0.1, 0.15) is 72.8 Å². The third-order valence-corrected chi connectivity index (χ3v) is 7.75. The fourth-order valence-electron chi connectivity index (χ4n) is 5.19. The number of nitrogens with one attached hydrogen (secondary N) is 1. The highest BCUT2D eigenvalue weighted by atomic mass is 16.7. The van der Waals surface area contributed by atoms with Crippen molar-refractivity contribution in [2.45, 2.75) is 92.1 Å². The highest BCUT2D eigenvalue weighted by Gasteiger charge is 2.41. The van der Waals surface area contributed by atoms with Crippen LogP contribution in [0.2, 0.25) is 0 Å². The molecule has 1 saturated heterocycles. The molecule has 0 radical (unpaired) electrons. The second-order valence-corrected chi connectivity index (χ2v) is 12.0. The Balaban J connectivity index is 1.96. The molecule has 1 N–H and O–H groups in total. The van der Waals surface area contributed by atoms with Crippen molar-refractivity contribution in [1.82, 2.24) is 10.2 Å². The van der Waals surface area contributed by atoms with Crippen molar-refractivity contribution < 1.29 is 33.3 Å². The second kappa shape index (κ2) is 21.2. The first-order chi connectivity index (χ1) is 22.0. The van der Waals surface area contributed by atoms with Gasteiger partial charge in [-0.25, -0.2) is 14.5 Å². The van der Waals surface area contributed by atoms with Crippen molar-refractivity contribution >= 4 is 18.1 Å². The standard InChI is InChI=1S/C37H54N2O7/c1-8-22-44-36(41)38-25-29(5)17-13-10-12-16-27(3)23-28(4)20-21-34(46-31(7)43-9-2)30(6)35(40)39-33(26-45-37(39)42)24-32-18-14-11-15-19-32/h8,10-12,14-16,18-20,29-31,33-34H,1,9,13,17,21-26H2,2-7H3,(H,38,41)/b12-10+,27-16+,28-20+/t29-,30+,31?,33+,34-/m0/s1. The van der Waals surface area contributed by atoms with Crippen LogP contribution < -0.4 is 5.32 Å². The number of ether oxygens (including phenoxy) is 4. The van der Waals surface area contributed by atoms with Gasteiger partial charge < -0.3 is 24.3 Å². The topological polar surface area (TPSA) is 103 Å². The average molecular weight is 639 g/mol. The highest BCUT2D eigenvalue weighted by Crippen LogP contribution is 2.25. The molecule has 0 bridgehead atoms. The first kappa shape index (κ1) is 38.5. The number of hydrogen-bond donors (Lipinski definition) is 1. The SMILES string of the molecule is C=CCOC(=O)NC[C@@H](C)CC/C=C/C=C(\C)C/C(C)=C/C[C@H](OC(C)OCC)[C@@H](C)C(=O)N1C(=O)OC[C@H]1Cc1ccccc1. The summed E-state index contributed by atoms with van der Waals surface area (Å²) in [4.78, 5) is 39.2. The summed E-state index contributed by atoms with van der Waals surface area (Å²) in [5.41, 5.74) is 3.40. The quantitative estimate of drug-likeness (QED) is 0.0894. The normalized spacial score (nSPS) is 18.2.